The number of aromatic nitrogens is 3. The molecule has 0 saturated heterocycles. The van der Waals surface area contributed by atoms with Crippen molar-refractivity contribution in [1.82, 2.24) is 14.8 Å². The molecule has 0 fully saturated rings. The minimum Gasteiger partial charge on any atom is -0.353 e. The molecule has 0 bridgehead atoms. The molecular formula is C13H25N3O2. The first kappa shape index (κ1) is 15.1. The van der Waals surface area contributed by atoms with E-state index in [1.165, 1.54) is 0 Å². The lowest BCUT2D eigenvalue weighted by atomic mass is 10.4. The molecule has 1 heterocycles. The molecule has 104 valence electrons. The molecule has 5 nitrogen and oxygen atoms in total. The average molecular weight is 255 g/mol. The molecule has 0 amide bonds. The van der Waals surface area contributed by atoms with E-state index in [1.807, 2.05) is 18.5 Å². The van der Waals surface area contributed by atoms with E-state index >= 15 is 0 Å². The van der Waals surface area contributed by atoms with E-state index in [2.05, 4.69) is 23.9 Å². The van der Waals surface area contributed by atoms with Crippen LogP contribution >= 0.6 is 0 Å². The van der Waals surface area contributed by atoms with Crippen molar-refractivity contribution in [3.8, 4) is 0 Å². The van der Waals surface area contributed by atoms with Crippen molar-refractivity contribution in [3.05, 3.63) is 11.6 Å². The molecule has 5 heteroatoms. The van der Waals surface area contributed by atoms with E-state index in [0.717, 1.165) is 37.5 Å². The van der Waals surface area contributed by atoms with Crippen LogP contribution in [-0.4, -0.2) is 34.3 Å². The summed E-state index contributed by atoms with van der Waals surface area (Å²) in [4.78, 5) is 4.49. The topological polar surface area (TPSA) is 49.2 Å². The van der Waals surface area contributed by atoms with Gasteiger partial charge in [-0.1, -0.05) is 13.8 Å². The lowest BCUT2D eigenvalue weighted by Gasteiger charge is -2.16. The molecule has 0 radical (unpaired) electrons. The Labute approximate surface area is 109 Å². The van der Waals surface area contributed by atoms with Crippen LogP contribution in [0.15, 0.2) is 0 Å². The van der Waals surface area contributed by atoms with Gasteiger partial charge < -0.3 is 9.47 Å². The molecule has 0 unspecified atom stereocenters. The molecule has 1 aromatic heterocycles. The Bertz CT molecular complexity index is 333. The molecule has 0 atom stereocenters. The highest BCUT2D eigenvalue weighted by Crippen LogP contribution is 2.07. The van der Waals surface area contributed by atoms with Gasteiger partial charge in [-0.3, -0.25) is 0 Å². The van der Waals surface area contributed by atoms with Crippen molar-refractivity contribution in [2.45, 2.75) is 59.8 Å². The monoisotopic (exact) mass is 255 g/mol. The third kappa shape index (κ3) is 4.38. The van der Waals surface area contributed by atoms with Crippen LogP contribution in [-0.2, 0) is 28.9 Å². The van der Waals surface area contributed by atoms with Gasteiger partial charge in [-0.2, -0.15) is 5.10 Å². The lowest BCUT2D eigenvalue weighted by molar-refractivity contribution is -0.141. The quantitative estimate of drug-likeness (QED) is 0.635. The van der Waals surface area contributed by atoms with Gasteiger partial charge >= 0.3 is 0 Å². The number of rotatable bonds is 9. The maximum Gasteiger partial charge on any atom is 0.159 e. The van der Waals surface area contributed by atoms with Crippen molar-refractivity contribution in [2.75, 3.05) is 13.2 Å². The van der Waals surface area contributed by atoms with Crippen LogP contribution in [0.2, 0.25) is 0 Å². The average Bonchev–Trinajstić information content (AvgIpc) is 2.79. The van der Waals surface area contributed by atoms with Crippen molar-refractivity contribution in [2.24, 2.45) is 0 Å². The summed E-state index contributed by atoms with van der Waals surface area (Å²) in [5.74, 6) is 1.95. The molecule has 18 heavy (non-hydrogen) atoms. The summed E-state index contributed by atoms with van der Waals surface area (Å²) in [6, 6.07) is 0. The molecule has 0 aliphatic rings. The van der Waals surface area contributed by atoms with Crippen molar-refractivity contribution >= 4 is 0 Å². The second-order valence-corrected chi connectivity index (χ2v) is 4.00. The van der Waals surface area contributed by atoms with Crippen molar-refractivity contribution in [3.63, 3.8) is 0 Å². The Hall–Kier alpha value is -0.940. The molecule has 0 saturated carbocycles. The molecule has 1 aromatic rings. The lowest BCUT2D eigenvalue weighted by Crippen LogP contribution is -2.20. The fourth-order valence-electron chi connectivity index (χ4n) is 1.83. The number of aryl methyl sites for hydroxylation is 3. The van der Waals surface area contributed by atoms with E-state index in [0.29, 0.717) is 13.2 Å². The highest BCUT2D eigenvalue weighted by molar-refractivity contribution is 4.92. The molecule has 0 aromatic carbocycles. The predicted octanol–water partition coefficient (Wildman–Crippen LogP) is 2.19. The fourth-order valence-corrected chi connectivity index (χ4v) is 1.83. The second-order valence-electron chi connectivity index (χ2n) is 4.00. The summed E-state index contributed by atoms with van der Waals surface area (Å²) in [7, 11) is 0. The summed E-state index contributed by atoms with van der Waals surface area (Å²) in [5, 5.41) is 4.49. The Balaban J connectivity index is 2.57. The number of nitrogens with zero attached hydrogens (tertiary/aromatic N) is 3. The predicted molar refractivity (Wildman–Crippen MR) is 70.4 cm³/mol. The van der Waals surface area contributed by atoms with Crippen LogP contribution < -0.4 is 0 Å². The largest absolute Gasteiger partial charge is 0.353 e. The van der Waals surface area contributed by atoms with E-state index in [-0.39, 0.29) is 6.29 Å². The Morgan fingerprint density at radius 3 is 2.22 bits per heavy atom. The minimum absolute atomic E-state index is 0.140. The number of ether oxygens (including phenoxy) is 2. The first-order valence-corrected chi connectivity index (χ1v) is 6.90. The van der Waals surface area contributed by atoms with Crippen LogP contribution in [0.4, 0.5) is 0 Å². The number of hydrogen-bond donors (Lipinski definition) is 0. The first-order chi connectivity index (χ1) is 8.74. The van der Waals surface area contributed by atoms with E-state index < -0.39 is 0 Å². The van der Waals surface area contributed by atoms with Gasteiger partial charge in [-0.25, -0.2) is 9.67 Å². The summed E-state index contributed by atoms with van der Waals surface area (Å²) >= 11 is 0. The molecular weight excluding hydrogens is 230 g/mol. The van der Waals surface area contributed by atoms with Gasteiger partial charge in [0.15, 0.2) is 12.1 Å². The van der Waals surface area contributed by atoms with E-state index in [9.17, 15) is 0 Å². The third-order valence-corrected chi connectivity index (χ3v) is 2.71. The van der Waals surface area contributed by atoms with Crippen molar-refractivity contribution < 1.29 is 9.47 Å². The van der Waals surface area contributed by atoms with Crippen LogP contribution in [0.25, 0.3) is 0 Å². The molecule has 0 aliphatic carbocycles. The fraction of sp³-hybridized carbons (Fsp3) is 0.846. The summed E-state index contributed by atoms with van der Waals surface area (Å²) in [5.41, 5.74) is 0. The molecule has 0 spiro atoms. The minimum atomic E-state index is -0.140. The van der Waals surface area contributed by atoms with E-state index in [1.54, 1.807) is 0 Å². The van der Waals surface area contributed by atoms with Gasteiger partial charge in [-0.15, -0.1) is 0 Å². The van der Waals surface area contributed by atoms with E-state index in [4.69, 9.17) is 9.47 Å². The van der Waals surface area contributed by atoms with Gasteiger partial charge in [-0.05, 0) is 13.8 Å². The first-order valence-electron chi connectivity index (χ1n) is 6.90. The summed E-state index contributed by atoms with van der Waals surface area (Å²) in [6.45, 7) is 10.3. The Kier molecular flexibility index (Phi) is 6.90. The molecule has 0 N–H and O–H groups in total. The zero-order valence-electron chi connectivity index (χ0n) is 12.0. The highest BCUT2D eigenvalue weighted by Gasteiger charge is 2.11. The van der Waals surface area contributed by atoms with Crippen LogP contribution in [0, 0.1) is 0 Å². The maximum atomic E-state index is 5.53. The SMILES string of the molecule is CCOC(CCn1nc(CC)nc1CC)OCC. The third-order valence-electron chi connectivity index (χ3n) is 2.71. The second kappa shape index (κ2) is 8.21. The maximum absolute atomic E-state index is 5.53. The Morgan fingerprint density at radius 1 is 1.06 bits per heavy atom. The zero-order valence-corrected chi connectivity index (χ0v) is 12.0. The zero-order chi connectivity index (χ0) is 13.4. The van der Waals surface area contributed by atoms with Gasteiger partial charge in [0.25, 0.3) is 0 Å². The summed E-state index contributed by atoms with van der Waals surface area (Å²) < 4.78 is 13.0. The van der Waals surface area contributed by atoms with Crippen LogP contribution in [0.3, 0.4) is 0 Å². The van der Waals surface area contributed by atoms with Gasteiger partial charge in [0.2, 0.25) is 0 Å². The molecule has 1 rings (SSSR count). The molecule has 0 aliphatic heterocycles. The standard InChI is InChI=1S/C13H25N3O2/c1-5-11-14-12(6-2)16(15-11)10-9-13(17-7-3)18-8-4/h13H,5-10H2,1-4H3. The van der Waals surface area contributed by atoms with Crippen LogP contribution in [0.5, 0.6) is 0 Å². The smallest absolute Gasteiger partial charge is 0.159 e. The Morgan fingerprint density at radius 2 is 1.72 bits per heavy atom. The summed E-state index contributed by atoms with van der Waals surface area (Å²) in [6.07, 6.45) is 2.45. The van der Waals surface area contributed by atoms with Crippen LogP contribution in [0.1, 0.15) is 45.8 Å². The van der Waals surface area contributed by atoms with Crippen molar-refractivity contribution in [1.29, 1.82) is 0 Å². The van der Waals surface area contributed by atoms with Gasteiger partial charge in [0, 0.05) is 39.0 Å². The normalized spacial score (nSPS) is 11.4. The highest BCUT2D eigenvalue weighted by atomic mass is 16.7. The van der Waals surface area contributed by atoms with Gasteiger partial charge in [0.1, 0.15) is 5.82 Å². The van der Waals surface area contributed by atoms with Gasteiger partial charge in [0.05, 0.1) is 0 Å². The number of hydrogen-bond acceptors (Lipinski definition) is 4.